The minimum Gasteiger partial charge on any atom is -0.394 e. The standard InChI is InChI=1S/C10H15NO2/c1-2-13-11-10(8-12)9-6-4-3-5-7-9/h3-7,10-12H,2,8H2,1H3/t10-/m0/s1. The van der Waals surface area contributed by atoms with Crippen molar-refractivity contribution in [1.82, 2.24) is 5.48 Å². The fourth-order valence-electron chi connectivity index (χ4n) is 1.08. The monoisotopic (exact) mass is 181 g/mol. The van der Waals surface area contributed by atoms with Crippen LogP contribution in [-0.2, 0) is 4.84 Å². The predicted molar refractivity (Wildman–Crippen MR) is 51.0 cm³/mol. The van der Waals surface area contributed by atoms with Crippen molar-refractivity contribution in [2.75, 3.05) is 13.2 Å². The first-order valence-electron chi connectivity index (χ1n) is 4.41. The van der Waals surface area contributed by atoms with Crippen LogP contribution in [0.15, 0.2) is 30.3 Å². The third-order valence-electron chi connectivity index (χ3n) is 1.75. The molecule has 3 heteroatoms. The zero-order valence-corrected chi connectivity index (χ0v) is 7.73. The number of hydrogen-bond acceptors (Lipinski definition) is 3. The topological polar surface area (TPSA) is 41.5 Å². The van der Waals surface area contributed by atoms with E-state index < -0.39 is 0 Å². The summed E-state index contributed by atoms with van der Waals surface area (Å²) in [6.45, 7) is 2.51. The molecule has 1 aromatic rings. The van der Waals surface area contributed by atoms with Crippen LogP contribution in [0.3, 0.4) is 0 Å². The molecule has 1 rings (SSSR count). The van der Waals surface area contributed by atoms with E-state index in [9.17, 15) is 0 Å². The largest absolute Gasteiger partial charge is 0.394 e. The molecule has 0 unspecified atom stereocenters. The number of aliphatic hydroxyl groups excluding tert-OH is 1. The second kappa shape index (κ2) is 5.70. The molecule has 0 aliphatic carbocycles. The molecule has 0 spiro atoms. The lowest BCUT2D eigenvalue weighted by Gasteiger charge is -2.15. The summed E-state index contributed by atoms with van der Waals surface area (Å²) in [4.78, 5) is 5.03. The molecule has 3 nitrogen and oxygen atoms in total. The van der Waals surface area contributed by atoms with Gasteiger partial charge in [0.05, 0.1) is 19.3 Å². The van der Waals surface area contributed by atoms with Gasteiger partial charge < -0.3 is 9.94 Å². The van der Waals surface area contributed by atoms with Crippen LogP contribution in [0, 0.1) is 0 Å². The van der Waals surface area contributed by atoms with Crippen molar-refractivity contribution < 1.29 is 9.94 Å². The molecule has 0 radical (unpaired) electrons. The summed E-state index contributed by atoms with van der Waals surface area (Å²) < 4.78 is 0. The van der Waals surface area contributed by atoms with E-state index in [1.165, 1.54) is 0 Å². The molecule has 72 valence electrons. The third-order valence-corrected chi connectivity index (χ3v) is 1.75. The van der Waals surface area contributed by atoms with E-state index in [1.807, 2.05) is 37.3 Å². The van der Waals surface area contributed by atoms with E-state index in [-0.39, 0.29) is 12.6 Å². The van der Waals surface area contributed by atoms with Gasteiger partial charge in [0.1, 0.15) is 0 Å². The first kappa shape index (κ1) is 10.2. The van der Waals surface area contributed by atoms with Gasteiger partial charge in [0.15, 0.2) is 0 Å². The summed E-state index contributed by atoms with van der Waals surface area (Å²) in [5.74, 6) is 0. The molecule has 0 fully saturated rings. The Balaban J connectivity index is 2.56. The van der Waals surface area contributed by atoms with Crippen LogP contribution in [0.4, 0.5) is 0 Å². The normalized spacial score (nSPS) is 12.8. The summed E-state index contributed by atoms with van der Waals surface area (Å²) in [7, 11) is 0. The summed E-state index contributed by atoms with van der Waals surface area (Å²) in [5.41, 5.74) is 3.81. The molecule has 0 saturated carbocycles. The lowest BCUT2D eigenvalue weighted by Crippen LogP contribution is -2.24. The van der Waals surface area contributed by atoms with Crippen molar-refractivity contribution in [3.05, 3.63) is 35.9 Å². The number of rotatable bonds is 5. The Morgan fingerprint density at radius 2 is 2.08 bits per heavy atom. The Morgan fingerprint density at radius 1 is 1.38 bits per heavy atom. The Morgan fingerprint density at radius 3 is 2.62 bits per heavy atom. The molecule has 0 aliphatic heterocycles. The van der Waals surface area contributed by atoms with Crippen LogP contribution in [0.5, 0.6) is 0 Å². The van der Waals surface area contributed by atoms with Gasteiger partial charge in [0.2, 0.25) is 0 Å². The van der Waals surface area contributed by atoms with Gasteiger partial charge >= 0.3 is 0 Å². The fraction of sp³-hybridized carbons (Fsp3) is 0.400. The van der Waals surface area contributed by atoms with Gasteiger partial charge in [-0.2, -0.15) is 5.48 Å². The Kier molecular flexibility index (Phi) is 4.46. The van der Waals surface area contributed by atoms with Crippen LogP contribution in [0.1, 0.15) is 18.5 Å². The average molecular weight is 181 g/mol. The highest BCUT2D eigenvalue weighted by Gasteiger charge is 2.07. The molecule has 1 atom stereocenters. The highest BCUT2D eigenvalue weighted by atomic mass is 16.6. The summed E-state index contributed by atoms with van der Waals surface area (Å²) >= 11 is 0. The predicted octanol–water partition coefficient (Wildman–Crippen LogP) is 1.26. The van der Waals surface area contributed by atoms with Crippen LogP contribution in [0.25, 0.3) is 0 Å². The Bertz CT molecular complexity index is 226. The molecule has 0 aliphatic rings. The smallest absolute Gasteiger partial charge is 0.0802 e. The van der Waals surface area contributed by atoms with E-state index in [0.717, 1.165) is 5.56 Å². The lowest BCUT2D eigenvalue weighted by molar-refractivity contribution is 0.00853. The van der Waals surface area contributed by atoms with Crippen LogP contribution in [-0.4, -0.2) is 18.3 Å². The summed E-state index contributed by atoms with van der Waals surface area (Å²) in [6.07, 6.45) is 0. The molecule has 0 amide bonds. The first-order valence-corrected chi connectivity index (χ1v) is 4.41. The van der Waals surface area contributed by atoms with Crippen molar-refractivity contribution in [2.24, 2.45) is 0 Å². The summed E-state index contributed by atoms with van der Waals surface area (Å²) in [6, 6.07) is 9.58. The molecular weight excluding hydrogens is 166 g/mol. The summed E-state index contributed by atoms with van der Waals surface area (Å²) in [5, 5.41) is 9.06. The van der Waals surface area contributed by atoms with E-state index in [2.05, 4.69) is 5.48 Å². The molecular formula is C10H15NO2. The average Bonchev–Trinajstić information content (AvgIpc) is 2.21. The second-order valence-electron chi connectivity index (χ2n) is 2.70. The quantitative estimate of drug-likeness (QED) is 0.672. The van der Waals surface area contributed by atoms with E-state index in [4.69, 9.17) is 9.94 Å². The fourth-order valence-corrected chi connectivity index (χ4v) is 1.08. The maximum Gasteiger partial charge on any atom is 0.0802 e. The number of hydroxylamine groups is 1. The van der Waals surface area contributed by atoms with Crippen LogP contribution < -0.4 is 5.48 Å². The third kappa shape index (κ3) is 3.14. The molecule has 13 heavy (non-hydrogen) atoms. The maximum atomic E-state index is 9.06. The maximum absolute atomic E-state index is 9.06. The minimum atomic E-state index is -0.138. The van der Waals surface area contributed by atoms with Crippen molar-refractivity contribution in [1.29, 1.82) is 0 Å². The molecule has 0 heterocycles. The van der Waals surface area contributed by atoms with Gasteiger partial charge in [-0.25, -0.2) is 0 Å². The first-order chi connectivity index (χ1) is 6.38. The minimum absolute atomic E-state index is 0.0318. The van der Waals surface area contributed by atoms with Crippen LogP contribution >= 0.6 is 0 Å². The highest BCUT2D eigenvalue weighted by Crippen LogP contribution is 2.10. The van der Waals surface area contributed by atoms with Crippen molar-refractivity contribution in [3.63, 3.8) is 0 Å². The van der Waals surface area contributed by atoms with E-state index in [1.54, 1.807) is 0 Å². The molecule has 0 aromatic heterocycles. The SMILES string of the molecule is CCON[C@@H](CO)c1ccccc1. The molecule has 0 bridgehead atoms. The van der Waals surface area contributed by atoms with Crippen molar-refractivity contribution in [2.45, 2.75) is 13.0 Å². The zero-order valence-electron chi connectivity index (χ0n) is 7.73. The number of aliphatic hydroxyl groups is 1. The van der Waals surface area contributed by atoms with Gasteiger partial charge in [0.25, 0.3) is 0 Å². The van der Waals surface area contributed by atoms with Gasteiger partial charge in [-0.15, -0.1) is 0 Å². The van der Waals surface area contributed by atoms with Crippen molar-refractivity contribution >= 4 is 0 Å². The van der Waals surface area contributed by atoms with Gasteiger partial charge in [-0.05, 0) is 12.5 Å². The number of benzene rings is 1. The Labute approximate surface area is 78.3 Å². The molecule has 0 saturated heterocycles. The van der Waals surface area contributed by atoms with E-state index in [0.29, 0.717) is 6.61 Å². The van der Waals surface area contributed by atoms with Crippen LogP contribution in [0.2, 0.25) is 0 Å². The van der Waals surface area contributed by atoms with Gasteiger partial charge in [-0.1, -0.05) is 30.3 Å². The highest BCUT2D eigenvalue weighted by molar-refractivity contribution is 5.18. The van der Waals surface area contributed by atoms with Gasteiger partial charge in [0, 0.05) is 0 Å². The lowest BCUT2D eigenvalue weighted by atomic mass is 10.1. The number of hydrogen-bond donors (Lipinski definition) is 2. The number of nitrogens with one attached hydrogen (secondary N) is 1. The second-order valence-corrected chi connectivity index (χ2v) is 2.70. The Hall–Kier alpha value is -0.900. The zero-order chi connectivity index (χ0) is 9.52. The molecule has 2 N–H and O–H groups in total. The van der Waals surface area contributed by atoms with E-state index >= 15 is 0 Å². The van der Waals surface area contributed by atoms with Crippen molar-refractivity contribution in [3.8, 4) is 0 Å². The molecule has 1 aromatic carbocycles. The van der Waals surface area contributed by atoms with Gasteiger partial charge in [-0.3, -0.25) is 0 Å².